The Kier molecular flexibility index (Phi) is 7.74. The Bertz CT molecular complexity index is 1470. The maximum absolute atomic E-state index is 13.8. The zero-order chi connectivity index (χ0) is 25.8. The molecule has 0 bridgehead atoms. The Labute approximate surface area is 214 Å². The fraction of sp³-hybridized carbons (Fsp3) is 0.321. The second kappa shape index (κ2) is 11.0. The van der Waals surface area contributed by atoms with Crippen LogP contribution in [0.25, 0.3) is 6.08 Å². The minimum atomic E-state index is -0.657. The molecular formula is C28H31N3O4S. The average Bonchev–Trinajstić information content (AvgIpc) is 3.18. The van der Waals surface area contributed by atoms with Crippen molar-refractivity contribution in [2.24, 2.45) is 4.99 Å². The third kappa shape index (κ3) is 4.99. The van der Waals surface area contributed by atoms with Crippen LogP contribution in [0, 0.1) is 0 Å². The summed E-state index contributed by atoms with van der Waals surface area (Å²) in [6, 6.07) is 14.8. The monoisotopic (exact) mass is 505 g/mol. The van der Waals surface area contributed by atoms with Crippen molar-refractivity contribution in [3.05, 3.63) is 90.6 Å². The van der Waals surface area contributed by atoms with Gasteiger partial charge >= 0.3 is 5.97 Å². The molecule has 0 amide bonds. The van der Waals surface area contributed by atoms with Gasteiger partial charge in [0.1, 0.15) is 5.75 Å². The number of aromatic nitrogens is 1. The van der Waals surface area contributed by atoms with E-state index in [1.54, 1.807) is 18.6 Å². The molecule has 0 N–H and O–H groups in total. The molecule has 1 aromatic heterocycles. The van der Waals surface area contributed by atoms with Crippen LogP contribution in [-0.2, 0) is 9.53 Å². The highest BCUT2D eigenvalue weighted by molar-refractivity contribution is 7.07. The van der Waals surface area contributed by atoms with Crippen molar-refractivity contribution in [3.8, 4) is 5.75 Å². The zero-order valence-electron chi connectivity index (χ0n) is 21.3. The molecule has 188 valence electrons. The van der Waals surface area contributed by atoms with Crippen molar-refractivity contribution in [1.29, 1.82) is 0 Å². The van der Waals surface area contributed by atoms with Crippen molar-refractivity contribution in [2.45, 2.75) is 32.7 Å². The lowest BCUT2D eigenvalue weighted by atomic mass is 9.94. The van der Waals surface area contributed by atoms with E-state index >= 15 is 0 Å². The number of carbonyl (C=O) groups is 1. The number of methoxy groups -OCH3 is 1. The highest BCUT2D eigenvalue weighted by atomic mass is 32.1. The van der Waals surface area contributed by atoms with Gasteiger partial charge in [0, 0.05) is 19.8 Å². The maximum Gasteiger partial charge on any atom is 0.338 e. The number of esters is 1. The number of hydrogen-bond donors (Lipinski definition) is 0. The van der Waals surface area contributed by atoms with Crippen molar-refractivity contribution >= 4 is 29.1 Å². The van der Waals surface area contributed by atoms with Crippen LogP contribution in [0.3, 0.4) is 0 Å². The SMILES string of the molecule is CCCC1=C(C(=O)OCC)C(c2cccc(OC)c2)n2c(s/c(=C\c3ccc(N(C)C)cc3)c2=O)=N1. The number of allylic oxidation sites excluding steroid dienone is 1. The van der Waals surface area contributed by atoms with Gasteiger partial charge < -0.3 is 14.4 Å². The summed E-state index contributed by atoms with van der Waals surface area (Å²) >= 11 is 1.33. The molecule has 0 spiro atoms. The summed E-state index contributed by atoms with van der Waals surface area (Å²) in [5.74, 6) is 0.193. The van der Waals surface area contributed by atoms with Gasteiger partial charge in [-0.2, -0.15) is 0 Å². The predicted octanol–water partition coefficient (Wildman–Crippen LogP) is 3.65. The highest BCUT2D eigenvalue weighted by Gasteiger charge is 2.34. The minimum absolute atomic E-state index is 0.194. The second-order valence-electron chi connectivity index (χ2n) is 8.68. The first-order valence-electron chi connectivity index (χ1n) is 12.0. The van der Waals surface area contributed by atoms with E-state index in [1.807, 2.05) is 80.5 Å². The lowest BCUT2D eigenvalue weighted by Crippen LogP contribution is -2.40. The molecule has 0 radical (unpaired) electrons. The number of benzene rings is 2. The highest BCUT2D eigenvalue weighted by Crippen LogP contribution is 2.33. The number of carbonyl (C=O) groups excluding carboxylic acids is 1. The van der Waals surface area contributed by atoms with Gasteiger partial charge in [0.05, 0.1) is 35.6 Å². The Balaban J connectivity index is 1.95. The molecule has 2 heterocycles. The van der Waals surface area contributed by atoms with E-state index in [9.17, 15) is 9.59 Å². The number of hydrogen-bond acceptors (Lipinski definition) is 7. The Morgan fingerprint density at radius 2 is 1.92 bits per heavy atom. The van der Waals surface area contributed by atoms with Crippen LogP contribution in [0.1, 0.15) is 43.9 Å². The van der Waals surface area contributed by atoms with Gasteiger partial charge in [-0.25, -0.2) is 9.79 Å². The van der Waals surface area contributed by atoms with Crippen molar-refractivity contribution in [3.63, 3.8) is 0 Å². The van der Waals surface area contributed by atoms with Gasteiger partial charge in [-0.15, -0.1) is 0 Å². The van der Waals surface area contributed by atoms with Crippen molar-refractivity contribution in [2.75, 3.05) is 32.7 Å². The van der Waals surface area contributed by atoms with E-state index in [-0.39, 0.29) is 12.2 Å². The summed E-state index contributed by atoms with van der Waals surface area (Å²) in [6.07, 6.45) is 3.28. The Hall–Kier alpha value is -3.65. The van der Waals surface area contributed by atoms with Crippen molar-refractivity contribution < 1.29 is 14.3 Å². The first-order valence-corrected chi connectivity index (χ1v) is 12.8. The fourth-order valence-electron chi connectivity index (χ4n) is 4.27. The first-order chi connectivity index (χ1) is 17.4. The lowest BCUT2D eigenvalue weighted by Gasteiger charge is -2.26. The molecule has 1 atom stereocenters. The molecule has 0 fully saturated rings. The van der Waals surface area contributed by atoms with Gasteiger partial charge in [-0.05, 0) is 54.8 Å². The van der Waals surface area contributed by atoms with E-state index < -0.39 is 12.0 Å². The fourth-order valence-corrected chi connectivity index (χ4v) is 5.29. The lowest BCUT2D eigenvalue weighted by molar-refractivity contribution is -0.139. The number of anilines is 1. The predicted molar refractivity (Wildman–Crippen MR) is 143 cm³/mol. The van der Waals surface area contributed by atoms with Gasteiger partial charge in [0.15, 0.2) is 4.80 Å². The standard InChI is InChI=1S/C28H31N3O4S/c1-6-9-22-24(27(33)35-7-2)25(19-10-8-11-21(17-19)34-5)31-26(32)23(36-28(31)29-22)16-18-12-14-20(15-13-18)30(3)4/h8,10-17,25H,6-7,9H2,1-5H3/b23-16-. The van der Waals surface area contributed by atoms with E-state index in [4.69, 9.17) is 14.5 Å². The third-order valence-electron chi connectivity index (χ3n) is 6.01. The molecule has 8 heteroatoms. The first kappa shape index (κ1) is 25.4. The Morgan fingerprint density at radius 1 is 1.17 bits per heavy atom. The summed E-state index contributed by atoms with van der Waals surface area (Å²) in [4.78, 5) is 34.4. The van der Waals surface area contributed by atoms with Crippen LogP contribution < -0.4 is 24.5 Å². The van der Waals surface area contributed by atoms with Gasteiger partial charge in [0.25, 0.3) is 5.56 Å². The molecule has 36 heavy (non-hydrogen) atoms. The van der Waals surface area contributed by atoms with Crippen LogP contribution >= 0.6 is 11.3 Å². The quantitative estimate of drug-likeness (QED) is 0.437. The van der Waals surface area contributed by atoms with Crippen LogP contribution in [0.5, 0.6) is 5.75 Å². The molecule has 1 unspecified atom stereocenters. The molecule has 1 aliphatic rings. The molecule has 0 aliphatic carbocycles. The van der Waals surface area contributed by atoms with Crippen LogP contribution in [0.15, 0.2) is 69.6 Å². The van der Waals surface area contributed by atoms with Crippen molar-refractivity contribution in [1.82, 2.24) is 4.57 Å². The number of ether oxygens (including phenoxy) is 2. The Morgan fingerprint density at radius 3 is 2.56 bits per heavy atom. The zero-order valence-corrected chi connectivity index (χ0v) is 22.1. The normalized spacial score (nSPS) is 15.4. The van der Waals surface area contributed by atoms with Gasteiger partial charge in [0.2, 0.25) is 0 Å². The topological polar surface area (TPSA) is 73.1 Å². The van der Waals surface area contributed by atoms with Crippen LogP contribution in [0.4, 0.5) is 5.69 Å². The minimum Gasteiger partial charge on any atom is -0.497 e. The smallest absolute Gasteiger partial charge is 0.338 e. The van der Waals surface area contributed by atoms with Gasteiger partial charge in [-0.3, -0.25) is 9.36 Å². The molecule has 2 aromatic carbocycles. The third-order valence-corrected chi connectivity index (χ3v) is 6.99. The molecule has 4 rings (SSSR count). The summed E-state index contributed by atoms with van der Waals surface area (Å²) in [5.41, 5.74) is 3.63. The summed E-state index contributed by atoms with van der Waals surface area (Å²) in [6.45, 7) is 4.05. The molecule has 0 saturated carbocycles. The van der Waals surface area contributed by atoms with E-state index in [0.717, 1.165) is 23.2 Å². The largest absolute Gasteiger partial charge is 0.497 e. The number of nitrogens with zero attached hydrogens (tertiary/aromatic N) is 3. The average molecular weight is 506 g/mol. The molecular weight excluding hydrogens is 474 g/mol. The van der Waals surface area contributed by atoms with Crippen LogP contribution in [-0.4, -0.2) is 38.3 Å². The summed E-state index contributed by atoms with van der Waals surface area (Å²) < 4.78 is 13.1. The maximum atomic E-state index is 13.8. The summed E-state index contributed by atoms with van der Waals surface area (Å²) in [5, 5.41) is 0. The van der Waals surface area contributed by atoms with Gasteiger partial charge in [-0.1, -0.05) is 48.9 Å². The van der Waals surface area contributed by atoms with E-state index in [2.05, 4.69) is 0 Å². The van der Waals surface area contributed by atoms with E-state index in [0.29, 0.717) is 32.8 Å². The number of fused-ring (bicyclic) bond motifs is 1. The molecule has 1 aliphatic heterocycles. The molecule has 7 nitrogen and oxygen atoms in total. The molecule has 0 saturated heterocycles. The second-order valence-corrected chi connectivity index (χ2v) is 9.69. The van der Waals surface area contributed by atoms with E-state index in [1.165, 1.54) is 11.3 Å². The molecule has 3 aromatic rings. The summed E-state index contributed by atoms with van der Waals surface area (Å²) in [7, 11) is 5.57. The number of rotatable bonds is 8. The number of thiazole rings is 1. The van der Waals surface area contributed by atoms with Crippen LogP contribution in [0.2, 0.25) is 0 Å².